The number of carbonyl (C=O) groups is 2. The molecular formula is C24H27ClFN5O3. The number of carbonyl (C=O) groups excluding carboxylic acids is 2. The van der Waals surface area contributed by atoms with Crippen LogP contribution in [0.5, 0.6) is 0 Å². The molecule has 10 heteroatoms. The van der Waals surface area contributed by atoms with Gasteiger partial charge < -0.3 is 15.4 Å². The minimum Gasteiger partial charge on any atom is -0.447 e. The van der Waals surface area contributed by atoms with Crippen LogP contribution in [0.1, 0.15) is 24.8 Å². The fourth-order valence-electron chi connectivity index (χ4n) is 3.47. The molecule has 34 heavy (non-hydrogen) atoms. The quantitative estimate of drug-likeness (QED) is 0.444. The van der Waals surface area contributed by atoms with Crippen LogP contribution < -0.4 is 11.1 Å². The predicted octanol–water partition coefficient (Wildman–Crippen LogP) is 4.17. The third-order valence-electron chi connectivity index (χ3n) is 5.48. The zero-order valence-corrected chi connectivity index (χ0v) is 19.6. The largest absolute Gasteiger partial charge is 0.447 e. The Hall–Kier alpha value is -3.30. The van der Waals surface area contributed by atoms with Gasteiger partial charge in [-0.15, -0.1) is 0 Å². The number of pyridine rings is 2. The molecule has 8 nitrogen and oxygen atoms in total. The molecule has 3 aromatic rings. The molecule has 0 spiro atoms. The van der Waals surface area contributed by atoms with E-state index in [4.69, 9.17) is 22.1 Å². The van der Waals surface area contributed by atoms with Crippen LogP contribution in [0.3, 0.4) is 0 Å². The number of benzene rings is 1. The Kier molecular flexibility index (Phi) is 9.12. The van der Waals surface area contributed by atoms with Gasteiger partial charge in [-0.1, -0.05) is 23.7 Å². The molecule has 2 aromatic heterocycles. The molecule has 3 rings (SSSR count). The maximum atomic E-state index is 13.6. The summed E-state index contributed by atoms with van der Waals surface area (Å²) in [5.74, 6) is -0.354. The van der Waals surface area contributed by atoms with Crippen molar-refractivity contribution in [1.82, 2.24) is 14.9 Å². The van der Waals surface area contributed by atoms with Gasteiger partial charge in [0.1, 0.15) is 18.2 Å². The van der Waals surface area contributed by atoms with Gasteiger partial charge in [0, 0.05) is 42.8 Å². The number of nitrogens with two attached hydrogens (primary N) is 1. The molecule has 2 amide bonds. The first-order chi connectivity index (χ1) is 16.4. The maximum absolute atomic E-state index is 13.6. The molecule has 0 bridgehead atoms. The average Bonchev–Trinajstić information content (AvgIpc) is 2.84. The molecule has 0 aliphatic carbocycles. The second kappa shape index (κ2) is 12.2. The van der Waals surface area contributed by atoms with Gasteiger partial charge >= 0.3 is 6.09 Å². The fourth-order valence-corrected chi connectivity index (χ4v) is 3.69. The number of nitrogens with zero attached hydrogens (tertiary/aromatic N) is 3. The van der Waals surface area contributed by atoms with E-state index in [1.54, 1.807) is 43.8 Å². The first-order valence-electron chi connectivity index (χ1n) is 10.9. The topological polar surface area (TPSA) is 110 Å². The van der Waals surface area contributed by atoms with Crippen molar-refractivity contribution in [2.24, 2.45) is 5.73 Å². The van der Waals surface area contributed by atoms with Gasteiger partial charge in [0.05, 0.1) is 11.1 Å². The Labute approximate surface area is 202 Å². The van der Waals surface area contributed by atoms with Gasteiger partial charge in [0.2, 0.25) is 5.91 Å². The van der Waals surface area contributed by atoms with Crippen molar-refractivity contribution in [2.75, 3.05) is 25.5 Å². The molecule has 0 saturated carbocycles. The normalized spacial score (nSPS) is 11.8. The molecule has 1 aromatic carbocycles. The molecular weight excluding hydrogens is 461 g/mol. The lowest BCUT2D eigenvalue weighted by molar-refractivity contribution is -0.132. The van der Waals surface area contributed by atoms with Crippen LogP contribution >= 0.6 is 11.6 Å². The van der Waals surface area contributed by atoms with Gasteiger partial charge in [-0.3, -0.25) is 15.1 Å². The third-order valence-corrected chi connectivity index (χ3v) is 5.90. The maximum Gasteiger partial charge on any atom is 0.412 e. The number of fused-ring (bicyclic) bond motifs is 1. The van der Waals surface area contributed by atoms with Crippen LogP contribution in [0.2, 0.25) is 5.02 Å². The van der Waals surface area contributed by atoms with Crippen molar-refractivity contribution in [3.63, 3.8) is 0 Å². The summed E-state index contributed by atoms with van der Waals surface area (Å²) in [7, 11) is 1.65. The average molecular weight is 488 g/mol. The minimum absolute atomic E-state index is 0.00999. The van der Waals surface area contributed by atoms with E-state index in [2.05, 4.69) is 15.3 Å². The molecule has 0 saturated heterocycles. The number of nitrogens with one attached hydrogen (secondary N) is 1. The smallest absolute Gasteiger partial charge is 0.412 e. The van der Waals surface area contributed by atoms with E-state index in [9.17, 15) is 14.0 Å². The lowest BCUT2D eigenvalue weighted by Crippen LogP contribution is -2.41. The zero-order chi connectivity index (χ0) is 24.5. The van der Waals surface area contributed by atoms with E-state index in [1.807, 2.05) is 6.07 Å². The van der Waals surface area contributed by atoms with Crippen molar-refractivity contribution in [3.05, 3.63) is 65.3 Å². The number of anilines is 1. The van der Waals surface area contributed by atoms with Crippen molar-refractivity contribution in [1.29, 1.82) is 0 Å². The van der Waals surface area contributed by atoms with E-state index < -0.39 is 11.9 Å². The van der Waals surface area contributed by atoms with Crippen LogP contribution in [0, 0.1) is 5.82 Å². The molecule has 0 fully saturated rings. The van der Waals surface area contributed by atoms with E-state index >= 15 is 0 Å². The van der Waals surface area contributed by atoms with Crippen molar-refractivity contribution < 1.29 is 18.7 Å². The van der Waals surface area contributed by atoms with Crippen LogP contribution in [-0.2, 0) is 16.0 Å². The molecule has 0 aliphatic rings. The summed E-state index contributed by atoms with van der Waals surface area (Å²) in [6.45, 7) is 0.433. The number of rotatable bonds is 10. The number of hydrogen-bond donors (Lipinski definition) is 2. The van der Waals surface area contributed by atoms with Crippen molar-refractivity contribution >= 4 is 40.2 Å². The summed E-state index contributed by atoms with van der Waals surface area (Å²) in [4.78, 5) is 34.9. The van der Waals surface area contributed by atoms with Crippen LogP contribution in [0.25, 0.3) is 10.8 Å². The number of aryl methyl sites for hydroxylation is 1. The summed E-state index contributed by atoms with van der Waals surface area (Å²) in [5.41, 5.74) is 6.20. The minimum atomic E-state index is -0.680. The fraction of sp³-hybridized carbons (Fsp3) is 0.333. The lowest BCUT2D eigenvalue weighted by Gasteiger charge is -2.28. The SMILES string of the molecule is CN(C(=O)CCc1cccc(F)c1Cl)[C@@H](CCCN)COC(=O)Nc1cc2cnccc2cn1. The molecule has 1 atom stereocenters. The first kappa shape index (κ1) is 25.3. The number of amides is 2. The molecule has 0 radical (unpaired) electrons. The molecule has 180 valence electrons. The Morgan fingerprint density at radius 2 is 2.09 bits per heavy atom. The lowest BCUT2D eigenvalue weighted by atomic mass is 10.1. The molecule has 2 heterocycles. The van der Waals surface area contributed by atoms with E-state index in [1.165, 1.54) is 11.0 Å². The standard InChI is InChI=1S/C24H27ClFN5O3/c1-31(22(32)8-7-16-4-2-6-20(26)23(16)25)19(5-3-10-27)15-34-24(33)30-21-12-18-13-28-11-9-17(18)14-29-21/h2,4,6,9,11-14,19H,3,5,7-8,10,15,27H2,1H3,(H,29,30,33)/t19-/m0/s1. The van der Waals surface area contributed by atoms with Gasteiger partial charge in [-0.2, -0.15) is 0 Å². The highest BCUT2D eigenvalue weighted by atomic mass is 35.5. The molecule has 0 aliphatic heterocycles. The summed E-state index contributed by atoms with van der Waals surface area (Å²) in [6, 6.07) is 7.68. The first-order valence-corrected chi connectivity index (χ1v) is 11.3. The Morgan fingerprint density at radius 3 is 2.88 bits per heavy atom. The Morgan fingerprint density at radius 1 is 1.26 bits per heavy atom. The second-order valence-electron chi connectivity index (χ2n) is 7.82. The van der Waals surface area contributed by atoms with Gasteiger partial charge in [0.25, 0.3) is 0 Å². The van der Waals surface area contributed by atoms with E-state index in [0.717, 1.165) is 10.8 Å². The number of ether oxygens (including phenoxy) is 1. The zero-order valence-electron chi connectivity index (χ0n) is 18.8. The van der Waals surface area contributed by atoms with Gasteiger partial charge in [-0.25, -0.2) is 14.2 Å². The molecule has 0 unspecified atom stereocenters. The van der Waals surface area contributed by atoms with Crippen LogP contribution in [0.15, 0.2) is 48.9 Å². The van der Waals surface area contributed by atoms with Gasteiger partial charge in [-0.05, 0) is 49.6 Å². The summed E-state index contributed by atoms with van der Waals surface area (Å²) < 4.78 is 19.0. The number of aromatic nitrogens is 2. The highest BCUT2D eigenvalue weighted by Crippen LogP contribution is 2.21. The van der Waals surface area contributed by atoms with E-state index in [-0.39, 0.29) is 30.0 Å². The van der Waals surface area contributed by atoms with Crippen molar-refractivity contribution in [3.8, 4) is 0 Å². The number of hydrogen-bond acceptors (Lipinski definition) is 6. The summed E-state index contributed by atoms with van der Waals surface area (Å²) >= 11 is 5.98. The summed E-state index contributed by atoms with van der Waals surface area (Å²) in [5, 5.41) is 4.35. The predicted molar refractivity (Wildman–Crippen MR) is 129 cm³/mol. The number of halogens is 2. The summed E-state index contributed by atoms with van der Waals surface area (Å²) in [6.07, 6.45) is 5.95. The third kappa shape index (κ3) is 6.85. The Balaban J connectivity index is 1.56. The number of likely N-dealkylation sites (N-methyl/N-ethyl adjacent to an activating group) is 1. The monoisotopic (exact) mass is 487 g/mol. The molecule has 3 N–H and O–H groups in total. The second-order valence-corrected chi connectivity index (χ2v) is 8.20. The Bertz CT molecular complexity index is 1150. The van der Waals surface area contributed by atoms with Crippen molar-refractivity contribution in [2.45, 2.75) is 31.7 Å². The highest BCUT2D eigenvalue weighted by Gasteiger charge is 2.22. The van der Waals surface area contributed by atoms with Crippen LogP contribution in [0.4, 0.5) is 15.0 Å². The van der Waals surface area contributed by atoms with Gasteiger partial charge in [0.15, 0.2) is 0 Å². The highest BCUT2D eigenvalue weighted by molar-refractivity contribution is 6.31. The van der Waals surface area contributed by atoms with Crippen LogP contribution in [-0.4, -0.2) is 53.1 Å². The van der Waals surface area contributed by atoms with E-state index in [0.29, 0.717) is 37.2 Å².